The van der Waals surface area contributed by atoms with E-state index in [9.17, 15) is 10.2 Å². The van der Waals surface area contributed by atoms with Gasteiger partial charge >= 0.3 is 17.1 Å². The Labute approximate surface area is 116 Å². The van der Waals surface area contributed by atoms with Gasteiger partial charge in [-0.1, -0.05) is 24.3 Å². The van der Waals surface area contributed by atoms with Gasteiger partial charge in [0.1, 0.15) is 17.2 Å². The summed E-state index contributed by atoms with van der Waals surface area (Å²) >= 11 is 0. The first-order valence-corrected chi connectivity index (χ1v) is 5.13. The van der Waals surface area contributed by atoms with Gasteiger partial charge < -0.3 is 15.3 Å². The van der Waals surface area contributed by atoms with Crippen molar-refractivity contribution in [3.05, 3.63) is 53.6 Å². The van der Waals surface area contributed by atoms with Crippen molar-refractivity contribution in [2.75, 3.05) is 0 Å². The SMILES string of the molecule is Oc1ccc(C=Cc2cc(O)cc(O)c2)cc1.[SeH2]. The quantitative estimate of drug-likeness (QED) is 0.588. The zero-order valence-corrected chi connectivity index (χ0v) is 11.6. The van der Waals surface area contributed by atoms with E-state index in [4.69, 9.17) is 5.11 Å². The average molecular weight is 309 g/mol. The topological polar surface area (TPSA) is 60.7 Å². The van der Waals surface area contributed by atoms with Crippen LogP contribution in [0.4, 0.5) is 0 Å². The fourth-order valence-electron chi connectivity index (χ4n) is 1.49. The molecular weight excluding hydrogens is 295 g/mol. The molecule has 0 radical (unpaired) electrons. The molecule has 0 aliphatic heterocycles. The summed E-state index contributed by atoms with van der Waals surface area (Å²) in [4.78, 5) is 0. The molecule has 0 aromatic heterocycles. The molecule has 0 fully saturated rings. The molecule has 3 N–H and O–H groups in total. The van der Waals surface area contributed by atoms with Gasteiger partial charge in [0.05, 0.1) is 0 Å². The molecule has 0 unspecified atom stereocenters. The minimum absolute atomic E-state index is 0. The van der Waals surface area contributed by atoms with Crippen molar-refractivity contribution in [3.8, 4) is 17.2 Å². The number of phenolic OH excluding ortho intramolecular Hbond substituents is 3. The van der Waals surface area contributed by atoms with Crippen LogP contribution in [-0.4, -0.2) is 32.4 Å². The van der Waals surface area contributed by atoms with Gasteiger partial charge in [0.25, 0.3) is 0 Å². The predicted octanol–water partition coefficient (Wildman–Crippen LogP) is 2.06. The zero-order chi connectivity index (χ0) is 12.3. The fourth-order valence-corrected chi connectivity index (χ4v) is 1.49. The van der Waals surface area contributed by atoms with Crippen LogP contribution in [0.25, 0.3) is 12.2 Å². The second-order valence-corrected chi connectivity index (χ2v) is 3.71. The van der Waals surface area contributed by atoms with Gasteiger partial charge in [-0.2, -0.15) is 0 Å². The second-order valence-electron chi connectivity index (χ2n) is 3.71. The van der Waals surface area contributed by atoms with E-state index >= 15 is 0 Å². The summed E-state index contributed by atoms with van der Waals surface area (Å²) in [6.07, 6.45) is 3.60. The number of rotatable bonds is 2. The van der Waals surface area contributed by atoms with Crippen molar-refractivity contribution in [1.29, 1.82) is 0 Å². The Morgan fingerprint density at radius 3 is 1.67 bits per heavy atom. The Morgan fingerprint density at radius 2 is 1.11 bits per heavy atom. The molecule has 3 nitrogen and oxygen atoms in total. The minimum atomic E-state index is 0. The molecular formula is C14H14O3Se. The molecule has 2 rings (SSSR count). The van der Waals surface area contributed by atoms with E-state index in [1.165, 1.54) is 6.07 Å². The standard InChI is InChI=1S/C14H12O3.H2Se/c15-12-5-3-10(4-6-12)1-2-11-7-13(16)9-14(17)8-11;/h1-9,15-17H;1H2. The molecule has 0 aliphatic rings. The van der Waals surface area contributed by atoms with E-state index in [1.54, 1.807) is 42.5 Å². The number of phenols is 3. The van der Waals surface area contributed by atoms with Gasteiger partial charge in [-0.3, -0.25) is 0 Å². The fraction of sp³-hybridized carbons (Fsp3) is 0. The maximum atomic E-state index is 9.30. The molecule has 0 bridgehead atoms. The Kier molecular flexibility index (Phi) is 4.84. The van der Waals surface area contributed by atoms with Gasteiger partial charge in [-0.05, 0) is 35.4 Å². The molecule has 94 valence electrons. The number of benzene rings is 2. The number of hydrogen-bond donors (Lipinski definition) is 3. The van der Waals surface area contributed by atoms with Crippen molar-refractivity contribution in [3.63, 3.8) is 0 Å². The number of aromatic hydroxyl groups is 3. The zero-order valence-electron chi connectivity index (χ0n) is 9.54. The summed E-state index contributed by atoms with van der Waals surface area (Å²) in [6.45, 7) is 0. The van der Waals surface area contributed by atoms with Gasteiger partial charge in [-0.15, -0.1) is 0 Å². The van der Waals surface area contributed by atoms with Crippen molar-refractivity contribution >= 4 is 29.2 Å². The first-order chi connectivity index (χ1) is 8.13. The van der Waals surface area contributed by atoms with Crippen LogP contribution in [0.2, 0.25) is 0 Å². The summed E-state index contributed by atoms with van der Waals surface area (Å²) in [6, 6.07) is 11.1. The molecule has 0 amide bonds. The van der Waals surface area contributed by atoms with Crippen molar-refractivity contribution in [2.45, 2.75) is 0 Å². The molecule has 4 heteroatoms. The van der Waals surface area contributed by atoms with E-state index in [1.807, 2.05) is 6.08 Å². The predicted molar refractivity (Wildman–Crippen MR) is 75.4 cm³/mol. The Balaban J connectivity index is 0.00000162. The van der Waals surface area contributed by atoms with Crippen LogP contribution in [-0.2, 0) is 0 Å². The van der Waals surface area contributed by atoms with Crippen molar-refractivity contribution in [1.82, 2.24) is 0 Å². The first-order valence-electron chi connectivity index (χ1n) is 5.13. The van der Waals surface area contributed by atoms with Crippen LogP contribution in [0.15, 0.2) is 42.5 Å². The molecule has 0 spiro atoms. The summed E-state index contributed by atoms with van der Waals surface area (Å²) in [5, 5.41) is 27.7. The van der Waals surface area contributed by atoms with Gasteiger partial charge in [0, 0.05) is 6.07 Å². The molecule has 0 heterocycles. The van der Waals surface area contributed by atoms with Crippen molar-refractivity contribution < 1.29 is 15.3 Å². The van der Waals surface area contributed by atoms with Crippen LogP contribution in [0.1, 0.15) is 11.1 Å². The van der Waals surface area contributed by atoms with Crippen LogP contribution < -0.4 is 0 Å². The molecule has 0 atom stereocenters. The summed E-state index contributed by atoms with van der Waals surface area (Å²) in [5.74, 6) is 0.267. The second kappa shape index (κ2) is 6.15. The van der Waals surface area contributed by atoms with Gasteiger partial charge in [0.2, 0.25) is 0 Å². The molecule has 0 saturated carbocycles. The molecule has 0 aliphatic carbocycles. The van der Waals surface area contributed by atoms with E-state index in [0.29, 0.717) is 5.56 Å². The first kappa shape index (κ1) is 14.2. The third-order valence-corrected chi connectivity index (χ3v) is 2.29. The Bertz CT molecular complexity index is 527. The van der Waals surface area contributed by atoms with E-state index in [-0.39, 0.29) is 34.3 Å². The van der Waals surface area contributed by atoms with Gasteiger partial charge in [-0.25, -0.2) is 0 Å². The monoisotopic (exact) mass is 310 g/mol. The summed E-state index contributed by atoms with van der Waals surface area (Å²) < 4.78 is 0. The molecule has 2 aromatic carbocycles. The van der Waals surface area contributed by atoms with Crippen LogP contribution in [0.5, 0.6) is 17.2 Å². The van der Waals surface area contributed by atoms with Crippen LogP contribution in [0.3, 0.4) is 0 Å². The molecule has 2 aromatic rings. The van der Waals surface area contributed by atoms with Gasteiger partial charge in [0.15, 0.2) is 0 Å². The van der Waals surface area contributed by atoms with Crippen LogP contribution >= 0.6 is 0 Å². The van der Waals surface area contributed by atoms with E-state index in [2.05, 4.69) is 0 Å². The third kappa shape index (κ3) is 3.84. The summed E-state index contributed by atoms with van der Waals surface area (Å²) in [7, 11) is 0. The Hall–Kier alpha value is -1.90. The Morgan fingerprint density at radius 1 is 0.611 bits per heavy atom. The van der Waals surface area contributed by atoms with Crippen LogP contribution in [0, 0.1) is 0 Å². The average Bonchev–Trinajstić information content (AvgIpc) is 2.27. The maximum absolute atomic E-state index is 9.30. The number of hydrogen-bond acceptors (Lipinski definition) is 3. The van der Waals surface area contributed by atoms with E-state index in [0.717, 1.165) is 5.56 Å². The molecule has 0 saturated heterocycles. The van der Waals surface area contributed by atoms with Crippen molar-refractivity contribution in [2.24, 2.45) is 0 Å². The normalized spacial score (nSPS) is 10.2. The third-order valence-electron chi connectivity index (χ3n) is 2.29. The summed E-state index contributed by atoms with van der Waals surface area (Å²) in [5.41, 5.74) is 1.63. The molecule has 18 heavy (non-hydrogen) atoms. The van der Waals surface area contributed by atoms with E-state index < -0.39 is 0 Å².